The summed E-state index contributed by atoms with van der Waals surface area (Å²) in [6.07, 6.45) is 1.15. The van der Waals surface area contributed by atoms with E-state index < -0.39 is 0 Å². The quantitative estimate of drug-likeness (QED) is 0.834. The molecule has 3 heteroatoms. The van der Waals surface area contributed by atoms with Gasteiger partial charge in [0.15, 0.2) is 0 Å². The number of likely N-dealkylation sites (N-methyl/N-ethyl adjacent to an activating group) is 1. The lowest BCUT2D eigenvalue weighted by molar-refractivity contribution is 0.206. The minimum absolute atomic E-state index is 1.15. The molecule has 1 aromatic rings. The molecule has 3 nitrogen and oxygen atoms in total. The highest BCUT2D eigenvalue weighted by molar-refractivity contribution is 5.22. The van der Waals surface area contributed by atoms with Crippen molar-refractivity contribution in [1.29, 1.82) is 0 Å². The minimum Gasteiger partial charge on any atom is -0.314 e. The highest BCUT2D eigenvalue weighted by atomic mass is 15.2. The fourth-order valence-corrected chi connectivity index (χ4v) is 2.55. The molecule has 0 atom stereocenters. The minimum atomic E-state index is 1.15. The third-order valence-electron chi connectivity index (χ3n) is 3.87. The molecule has 0 aromatic heterocycles. The van der Waals surface area contributed by atoms with Gasteiger partial charge >= 0.3 is 0 Å². The monoisotopic (exact) mass is 261 g/mol. The SMILES string of the molecule is Cc1cccc(CCN(C)CCN2CCNCC2)c1. The number of nitrogens with zero attached hydrogens (tertiary/aromatic N) is 2. The summed E-state index contributed by atoms with van der Waals surface area (Å²) in [6, 6.07) is 8.85. The summed E-state index contributed by atoms with van der Waals surface area (Å²) in [5.74, 6) is 0. The fraction of sp³-hybridized carbons (Fsp3) is 0.625. The van der Waals surface area contributed by atoms with Gasteiger partial charge in [-0.1, -0.05) is 29.8 Å². The highest BCUT2D eigenvalue weighted by Crippen LogP contribution is 2.05. The Bertz CT molecular complexity index is 372. The van der Waals surface area contributed by atoms with Gasteiger partial charge in [0.2, 0.25) is 0 Å². The summed E-state index contributed by atoms with van der Waals surface area (Å²) in [5.41, 5.74) is 2.81. The van der Waals surface area contributed by atoms with Gasteiger partial charge in [0, 0.05) is 45.8 Å². The number of rotatable bonds is 6. The van der Waals surface area contributed by atoms with Crippen LogP contribution in [-0.2, 0) is 6.42 Å². The van der Waals surface area contributed by atoms with Crippen LogP contribution in [0.3, 0.4) is 0 Å². The molecule has 0 bridgehead atoms. The molecule has 0 unspecified atom stereocenters. The van der Waals surface area contributed by atoms with Crippen LogP contribution in [0.5, 0.6) is 0 Å². The Balaban J connectivity index is 1.65. The molecular formula is C16H27N3. The van der Waals surface area contributed by atoms with Gasteiger partial charge in [-0.3, -0.25) is 4.90 Å². The molecule has 0 spiro atoms. The van der Waals surface area contributed by atoms with Crippen LogP contribution in [0.15, 0.2) is 24.3 Å². The summed E-state index contributed by atoms with van der Waals surface area (Å²) in [5, 5.41) is 3.40. The Hall–Kier alpha value is -0.900. The number of hydrogen-bond acceptors (Lipinski definition) is 3. The van der Waals surface area contributed by atoms with Crippen LogP contribution in [0.25, 0.3) is 0 Å². The van der Waals surface area contributed by atoms with Crippen LogP contribution in [0.1, 0.15) is 11.1 Å². The van der Waals surface area contributed by atoms with Crippen molar-refractivity contribution in [1.82, 2.24) is 15.1 Å². The van der Waals surface area contributed by atoms with Gasteiger partial charge in [0.25, 0.3) is 0 Å². The summed E-state index contributed by atoms with van der Waals surface area (Å²) in [6.45, 7) is 10.4. The van der Waals surface area contributed by atoms with Crippen molar-refractivity contribution in [2.75, 3.05) is 52.9 Å². The normalized spacial score (nSPS) is 17.0. The molecule has 0 amide bonds. The zero-order chi connectivity index (χ0) is 13.5. The van der Waals surface area contributed by atoms with E-state index in [1.165, 1.54) is 37.3 Å². The van der Waals surface area contributed by atoms with Crippen LogP contribution in [0, 0.1) is 6.92 Å². The van der Waals surface area contributed by atoms with Crippen LogP contribution in [0.4, 0.5) is 0 Å². The number of benzene rings is 1. The summed E-state index contributed by atoms with van der Waals surface area (Å²) >= 11 is 0. The van der Waals surface area contributed by atoms with Crippen molar-refractivity contribution in [3.8, 4) is 0 Å². The van der Waals surface area contributed by atoms with Crippen LogP contribution in [0.2, 0.25) is 0 Å². The molecular weight excluding hydrogens is 234 g/mol. The first-order valence-corrected chi connectivity index (χ1v) is 7.41. The van der Waals surface area contributed by atoms with E-state index in [-0.39, 0.29) is 0 Å². The van der Waals surface area contributed by atoms with Crippen LogP contribution < -0.4 is 5.32 Å². The Morgan fingerprint density at radius 3 is 2.74 bits per heavy atom. The molecule has 1 aliphatic heterocycles. The van der Waals surface area contributed by atoms with E-state index in [1.54, 1.807) is 0 Å². The predicted molar refractivity (Wildman–Crippen MR) is 81.7 cm³/mol. The lowest BCUT2D eigenvalue weighted by Crippen LogP contribution is -2.46. The average molecular weight is 261 g/mol. The fourth-order valence-electron chi connectivity index (χ4n) is 2.55. The van der Waals surface area contributed by atoms with E-state index in [4.69, 9.17) is 0 Å². The predicted octanol–water partition coefficient (Wildman–Crippen LogP) is 1.37. The number of nitrogens with one attached hydrogen (secondary N) is 1. The van der Waals surface area contributed by atoms with Gasteiger partial charge in [0.1, 0.15) is 0 Å². The van der Waals surface area contributed by atoms with Gasteiger partial charge in [0.05, 0.1) is 0 Å². The Kier molecular flexibility index (Phi) is 5.83. The van der Waals surface area contributed by atoms with Gasteiger partial charge in [-0.05, 0) is 26.0 Å². The number of piperazine rings is 1. The molecule has 0 saturated carbocycles. The molecule has 1 N–H and O–H groups in total. The largest absolute Gasteiger partial charge is 0.314 e. The van der Waals surface area contributed by atoms with E-state index in [9.17, 15) is 0 Å². The van der Waals surface area contributed by atoms with Gasteiger partial charge in [-0.25, -0.2) is 0 Å². The summed E-state index contributed by atoms with van der Waals surface area (Å²) < 4.78 is 0. The summed E-state index contributed by atoms with van der Waals surface area (Å²) in [7, 11) is 2.23. The van der Waals surface area contributed by atoms with Crippen molar-refractivity contribution in [3.05, 3.63) is 35.4 Å². The zero-order valence-electron chi connectivity index (χ0n) is 12.4. The van der Waals surface area contributed by atoms with Crippen molar-refractivity contribution in [3.63, 3.8) is 0 Å². The maximum Gasteiger partial charge on any atom is 0.0110 e. The lowest BCUT2D eigenvalue weighted by atomic mass is 10.1. The second-order valence-corrected chi connectivity index (χ2v) is 5.63. The molecule has 2 rings (SSSR count). The molecule has 1 aliphatic rings. The molecule has 0 aliphatic carbocycles. The number of aryl methyl sites for hydroxylation is 1. The maximum absolute atomic E-state index is 3.40. The zero-order valence-corrected chi connectivity index (χ0v) is 12.4. The Morgan fingerprint density at radius 2 is 2.00 bits per heavy atom. The highest BCUT2D eigenvalue weighted by Gasteiger charge is 2.09. The first-order chi connectivity index (χ1) is 9.24. The van der Waals surface area contributed by atoms with Crippen molar-refractivity contribution < 1.29 is 0 Å². The van der Waals surface area contributed by atoms with E-state index >= 15 is 0 Å². The Labute approximate surface area is 117 Å². The number of hydrogen-bond donors (Lipinski definition) is 1. The van der Waals surface area contributed by atoms with Gasteiger partial charge in [-0.15, -0.1) is 0 Å². The molecule has 1 fully saturated rings. The molecule has 19 heavy (non-hydrogen) atoms. The van der Waals surface area contributed by atoms with Crippen molar-refractivity contribution in [2.24, 2.45) is 0 Å². The average Bonchev–Trinajstić information content (AvgIpc) is 2.44. The Morgan fingerprint density at radius 1 is 1.21 bits per heavy atom. The van der Waals surface area contributed by atoms with Crippen LogP contribution in [-0.4, -0.2) is 62.7 Å². The van der Waals surface area contributed by atoms with Crippen molar-refractivity contribution in [2.45, 2.75) is 13.3 Å². The van der Waals surface area contributed by atoms with Gasteiger partial charge < -0.3 is 10.2 Å². The molecule has 1 saturated heterocycles. The third-order valence-corrected chi connectivity index (χ3v) is 3.87. The second kappa shape index (κ2) is 7.63. The smallest absolute Gasteiger partial charge is 0.0110 e. The molecule has 106 valence electrons. The van der Waals surface area contributed by atoms with Gasteiger partial charge in [-0.2, -0.15) is 0 Å². The molecule has 0 radical (unpaired) electrons. The van der Waals surface area contributed by atoms with Crippen molar-refractivity contribution >= 4 is 0 Å². The van der Waals surface area contributed by atoms with E-state index in [0.29, 0.717) is 0 Å². The lowest BCUT2D eigenvalue weighted by Gasteiger charge is -2.29. The standard InChI is InChI=1S/C16H27N3/c1-15-4-3-5-16(14-15)6-9-18(2)12-13-19-10-7-17-8-11-19/h3-5,14,17H,6-13H2,1-2H3. The van der Waals surface area contributed by atoms with E-state index in [1.807, 2.05) is 0 Å². The van der Waals surface area contributed by atoms with Crippen LogP contribution >= 0.6 is 0 Å². The molecule has 1 aromatic carbocycles. The van der Waals surface area contributed by atoms with E-state index in [2.05, 4.69) is 53.4 Å². The second-order valence-electron chi connectivity index (χ2n) is 5.63. The van der Waals surface area contributed by atoms with E-state index in [0.717, 1.165) is 26.1 Å². The topological polar surface area (TPSA) is 18.5 Å². The maximum atomic E-state index is 3.40. The first-order valence-electron chi connectivity index (χ1n) is 7.41. The summed E-state index contributed by atoms with van der Waals surface area (Å²) in [4.78, 5) is 5.00. The first kappa shape index (κ1) is 14.5. The molecule has 1 heterocycles. The third kappa shape index (κ3) is 5.31.